The third-order valence-corrected chi connectivity index (χ3v) is 5.83. The Hall–Kier alpha value is -2.92. The maximum atomic E-state index is 13.7. The van der Waals surface area contributed by atoms with Crippen LogP contribution in [0.25, 0.3) is 5.69 Å². The lowest BCUT2D eigenvalue weighted by molar-refractivity contribution is -0.138. The highest BCUT2D eigenvalue weighted by Gasteiger charge is 2.33. The van der Waals surface area contributed by atoms with Gasteiger partial charge >= 0.3 is 6.18 Å². The van der Waals surface area contributed by atoms with E-state index in [0.29, 0.717) is 11.4 Å². The standard InChI is InChI=1S/C19H20F3N5O2S/c1-12-8-13(2)27(26-12)15-5-4-14(17(9-15)19(20,21)22)10-24-18-7-6-16(11-25-18)30(28,29)23-3/h4-9,11,23H,10H2,1-3H3,(H,24,25). The van der Waals surface area contributed by atoms with Gasteiger partial charge in [-0.3, -0.25) is 0 Å². The Morgan fingerprint density at radius 1 is 1.10 bits per heavy atom. The highest BCUT2D eigenvalue weighted by atomic mass is 32.2. The molecule has 2 aromatic heterocycles. The number of nitrogens with zero attached hydrogens (tertiary/aromatic N) is 3. The number of pyridine rings is 1. The van der Waals surface area contributed by atoms with E-state index in [1.165, 1.54) is 29.9 Å². The fraction of sp³-hybridized carbons (Fsp3) is 0.263. The summed E-state index contributed by atoms with van der Waals surface area (Å²) >= 11 is 0. The zero-order valence-corrected chi connectivity index (χ0v) is 17.3. The molecule has 0 unspecified atom stereocenters. The molecule has 2 N–H and O–H groups in total. The second kappa shape index (κ2) is 8.07. The Balaban J connectivity index is 1.86. The first-order valence-electron chi connectivity index (χ1n) is 8.88. The molecule has 0 aliphatic carbocycles. The van der Waals surface area contributed by atoms with Crippen molar-refractivity contribution in [3.63, 3.8) is 0 Å². The Kier molecular flexibility index (Phi) is 5.86. The topological polar surface area (TPSA) is 88.9 Å². The first kappa shape index (κ1) is 21.8. The molecule has 7 nitrogen and oxygen atoms in total. The minimum Gasteiger partial charge on any atom is -0.366 e. The maximum Gasteiger partial charge on any atom is 0.416 e. The molecule has 11 heteroatoms. The van der Waals surface area contributed by atoms with Gasteiger partial charge in [-0.25, -0.2) is 22.8 Å². The van der Waals surface area contributed by atoms with Gasteiger partial charge in [-0.1, -0.05) is 6.07 Å². The largest absolute Gasteiger partial charge is 0.416 e. The summed E-state index contributed by atoms with van der Waals surface area (Å²) in [5.74, 6) is 0.251. The third kappa shape index (κ3) is 4.62. The minimum absolute atomic E-state index is 0.0292. The molecule has 3 rings (SSSR count). The first-order chi connectivity index (χ1) is 14.0. The zero-order valence-electron chi connectivity index (χ0n) is 16.4. The molecule has 0 bridgehead atoms. The van der Waals surface area contributed by atoms with Gasteiger partial charge in [0.05, 0.1) is 16.9 Å². The van der Waals surface area contributed by atoms with Crippen LogP contribution in [0.3, 0.4) is 0 Å². The zero-order chi connectivity index (χ0) is 22.1. The van der Waals surface area contributed by atoms with Crippen LogP contribution in [0.15, 0.2) is 47.5 Å². The summed E-state index contributed by atoms with van der Waals surface area (Å²) < 4.78 is 68.0. The third-order valence-electron chi connectivity index (χ3n) is 4.43. The molecule has 3 aromatic rings. The fourth-order valence-corrected chi connectivity index (χ4v) is 3.63. The van der Waals surface area contributed by atoms with Crippen molar-refractivity contribution in [1.29, 1.82) is 0 Å². The number of hydrogen-bond donors (Lipinski definition) is 2. The molecule has 0 aliphatic rings. The van der Waals surface area contributed by atoms with Crippen molar-refractivity contribution in [3.05, 3.63) is 65.1 Å². The van der Waals surface area contributed by atoms with Gasteiger partial charge in [-0.05, 0) is 56.8 Å². The number of alkyl halides is 3. The van der Waals surface area contributed by atoms with E-state index in [2.05, 4.69) is 20.1 Å². The van der Waals surface area contributed by atoms with E-state index in [4.69, 9.17) is 0 Å². The number of halogens is 3. The van der Waals surface area contributed by atoms with Crippen LogP contribution in [0.2, 0.25) is 0 Å². The molecule has 2 heterocycles. The van der Waals surface area contributed by atoms with Crippen molar-refractivity contribution in [2.24, 2.45) is 0 Å². The molecule has 0 atom stereocenters. The lowest BCUT2D eigenvalue weighted by atomic mass is 10.1. The average Bonchev–Trinajstić information content (AvgIpc) is 3.04. The predicted molar refractivity (Wildman–Crippen MR) is 106 cm³/mol. The van der Waals surface area contributed by atoms with E-state index in [-0.39, 0.29) is 22.8 Å². The van der Waals surface area contributed by atoms with Gasteiger partial charge < -0.3 is 5.32 Å². The van der Waals surface area contributed by atoms with Crippen molar-refractivity contribution in [2.45, 2.75) is 31.5 Å². The molecule has 1 aromatic carbocycles. The van der Waals surface area contributed by atoms with Gasteiger partial charge in [0, 0.05) is 18.4 Å². The van der Waals surface area contributed by atoms with E-state index in [1.807, 2.05) is 0 Å². The van der Waals surface area contributed by atoms with E-state index in [9.17, 15) is 21.6 Å². The number of benzene rings is 1. The Morgan fingerprint density at radius 2 is 1.83 bits per heavy atom. The fourth-order valence-electron chi connectivity index (χ4n) is 2.95. The lowest BCUT2D eigenvalue weighted by Gasteiger charge is -2.16. The van der Waals surface area contributed by atoms with E-state index in [1.54, 1.807) is 26.0 Å². The summed E-state index contributed by atoms with van der Waals surface area (Å²) in [6.07, 6.45) is -3.42. The van der Waals surface area contributed by atoms with Gasteiger partial charge in [0.15, 0.2) is 0 Å². The molecule has 0 fully saturated rings. The van der Waals surface area contributed by atoms with Crippen LogP contribution < -0.4 is 10.0 Å². The summed E-state index contributed by atoms with van der Waals surface area (Å²) in [6.45, 7) is 3.40. The summed E-state index contributed by atoms with van der Waals surface area (Å²) in [7, 11) is -2.36. The molecule has 0 radical (unpaired) electrons. The summed E-state index contributed by atoms with van der Waals surface area (Å²) in [6, 6.07) is 8.52. The summed E-state index contributed by atoms with van der Waals surface area (Å²) in [5, 5.41) is 7.03. The molecule has 0 saturated carbocycles. The highest BCUT2D eigenvalue weighted by Crippen LogP contribution is 2.34. The smallest absolute Gasteiger partial charge is 0.366 e. The van der Waals surface area contributed by atoms with Crippen molar-refractivity contribution >= 4 is 15.8 Å². The minimum atomic E-state index is -4.55. The number of aryl methyl sites for hydroxylation is 2. The van der Waals surface area contributed by atoms with Gasteiger partial charge in [0.2, 0.25) is 10.0 Å². The quantitative estimate of drug-likeness (QED) is 0.614. The van der Waals surface area contributed by atoms with Crippen molar-refractivity contribution in [1.82, 2.24) is 19.5 Å². The maximum absolute atomic E-state index is 13.7. The number of aromatic nitrogens is 3. The summed E-state index contributed by atoms with van der Waals surface area (Å²) in [5.41, 5.74) is 1.00. The molecule has 0 aliphatic heterocycles. The SMILES string of the molecule is CNS(=O)(=O)c1ccc(NCc2ccc(-n3nc(C)cc3C)cc2C(F)(F)F)nc1. The van der Waals surface area contributed by atoms with Gasteiger partial charge in [0.25, 0.3) is 0 Å². The summed E-state index contributed by atoms with van der Waals surface area (Å²) in [4.78, 5) is 3.91. The second-order valence-corrected chi connectivity index (χ2v) is 8.50. The second-order valence-electron chi connectivity index (χ2n) is 6.62. The van der Waals surface area contributed by atoms with Crippen LogP contribution in [0.5, 0.6) is 0 Å². The van der Waals surface area contributed by atoms with Crippen LogP contribution in [0.4, 0.5) is 19.0 Å². The van der Waals surface area contributed by atoms with Crippen LogP contribution in [-0.4, -0.2) is 30.2 Å². The monoisotopic (exact) mass is 439 g/mol. The lowest BCUT2D eigenvalue weighted by Crippen LogP contribution is -2.18. The van der Waals surface area contributed by atoms with E-state index >= 15 is 0 Å². The number of anilines is 1. The van der Waals surface area contributed by atoms with E-state index < -0.39 is 21.8 Å². The van der Waals surface area contributed by atoms with Crippen LogP contribution in [0.1, 0.15) is 22.5 Å². The molecular formula is C19H20F3N5O2S. The molecular weight excluding hydrogens is 419 g/mol. The number of nitrogens with one attached hydrogen (secondary N) is 2. The van der Waals surface area contributed by atoms with Crippen LogP contribution in [0, 0.1) is 13.8 Å². The van der Waals surface area contributed by atoms with Crippen LogP contribution in [-0.2, 0) is 22.7 Å². The van der Waals surface area contributed by atoms with E-state index in [0.717, 1.165) is 18.0 Å². The Bertz CT molecular complexity index is 1160. The molecule has 30 heavy (non-hydrogen) atoms. The molecule has 0 spiro atoms. The molecule has 160 valence electrons. The number of sulfonamides is 1. The average molecular weight is 439 g/mol. The van der Waals surface area contributed by atoms with Crippen LogP contribution >= 0.6 is 0 Å². The number of rotatable bonds is 6. The normalized spacial score (nSPS) is 12.2. The van der Waals surface area contributed by atoms with Crippen molar-refractivity contribution in [3.8, 4) is 5.69 Å². The molecule has 0 amide bonds. The Labute approximate surface area is 172 Å². The number of hydrogen-bond acceptors (Lipinski definition) is 5. The highest BCUT2D eigenvalue weighted by molar-refractivity contribution is 7.89. The first-order valence-corrected chi connectivity index (χ1v) is 10.4. The Morgan fingerprint density at radius 3 is 2.37 bits per heavy atom. The predicted octanol–water partition coefficient (Wildman–Crippen LogP) is 3.42. The molecule has 0 saturated heterocycles. The van der Waals surface area contributed by atoms with Crippen molar-refractivity contribution < 1.29 is 21.6 Å². The van der Waals surface area contributed by atoms with Gasteiger partial charge in [-0.15, -0.1) is 0 Å². The van der Waals surface area contributed by atoms with Gasteiger partial charge in [-0.2, -0.15) is 18.3 Å². The van der Waals surface area contributed by atoms with Crippen molar-refractivity contribution in [2.75, 3.05) is 12.4 Å². The van der Waals surface area contributed by atoms with Gasteiger partial charge in [0.1, 0.15) is 10.7 Å².